The lowest BCUT2D eigenvalue weighted by atomic mass is 10.1. The molecule has 1 amide bonds. The molecule has 3 nitrogen and oxygen atoms in total. The Bertz CT molecular complexity index is 505. The number of nitrogens with two attached hydrogens (primary N) is 1. The number of hydrogen-bond acceptors (Lipinski definition) is 3. The quantitative estimate of drug-likeness (QED) is 0.885. The fourth-order valence-corrected chi connectivity index (χ4v) is 2.44. The van der Waals surface area contributed by atoms with E-state index in [0.29, 0.717) is 10.6 Å². The van der Waals surface area contributed by atoms with Gasteiger partial charge in [-0.05, 0) is 5.56 Å². The maximum atomic E-state index is 11.3. The van der Waals surface area contributed by atoms with Gasteiger partial charge in [0.05, 0.1) is 7.11 Å². The second kappa shape index (κ2) is 4.37. The fraction of sp³-hybridized carbons (Fsp3) is 0.0833. The van der Waals surface area contributed by atoms with Crippen LogP contribution in [0.1, 0.15) is 9.67 Å². The molecule has 1 heterocycles. The summed E-state index contributed by atoms with van der Waals surface area (Å²) in [5, 5.41) is 1.79. The van der Waals surface area contributed by atoms with E-state index < -0.39 is 5.91 Å². The number of primary amides is 1. The smallest absolute Gasteiger partial charge is 0.259 e. The first-order valence-corrected chi connectivity index (χ1v) is 5.62. The highest BCUT2D eigenvalue weighted by Gasteiger charge is 2.17. The van der Waals surface area contributed by atoms with Crippen molar-refractivity contribution in [1.29, 1.82) is 0 Å². The molecule has 0 bridgehead atoms. The van der Waals surface area contributed by atoms with Crippen LogP contribution in [0.5, 0.6) is 5.75 Å². The molecule has 0 aliphatic carbocycles. The van der Waals surface area contributed by atoms with Crippen molar-refractivity contribution in [1.82, 2.24) is 0 Å². The number of benzene rings is 1. The van der Waals surface area contributed by atoms with Crippen LogP contribution in [0.15, 0.2) is 35.7 Å². The summed E-state index contributed by atoms with van der Waals surface area (Å²) in [6.45, 7) is 0. The predicted molar refractivity (Wildman–Crippen MR) is 64.8 cm³/mol. The van der Waals surface area contributed by atoms with Crippen LogP contribution in [0.2, 0.25) is 0 Å². The van der Waals surface area contributed by atoms with E-state index in [1.807, 2.05) is 30.3 Å². The minimum Gasteiger partial charge on any atom is -0.495 e. The number of rotatable bonds is 3. The average Bonchev–Trinajstić information content (AvgIpc) is 2.73. The summed E-state index contributed by atoms with van der Waals surface area (Å²) >= 11 is 1.30. The van der Waals surface area contributed by atoms with Gasteiger partial charge in [0.2, 0.25) is 0 Å². The largest absolute Gasteiger partial charge is 0.495 e. The Hall–Kier alpha value is -1.81. The number of ether oxygens (including phenoxy) is 1. The SMILES string of the molecule is COc1csc(C(N)=O)c1-c1ccccc1. The van der Waals surface area contributed by atoms with Gasteiger partial charge in [0.25, 0.3) is 5.91 Å². The number of thiophene rings is 1. The molecule has 1 aromatic heterocycles. The zero-order chi connectivity index (χ0) is 11.5. The van der Waals surface area contributed by atoms with Crippen molar-refractivity contribution in [3.05, 3.63) is 40.6 Å². The molecule has 1 aromatic carbocycles. The summed E-state index contributed by atoms with van der Waals surface area (Å²) in [4.78, 5) is 11.8. The lowest BCUT2D eigenvalue weighted by Crippen LogP contribution is -2.10. The third-order valence-corrected chi connectivity index (χ3v) is 3.24. The zero-order valence-electron chi connectivity index (χ0n) is 8.77. The van der Waals surface area contributed by atoms with Crippen LogP contribution >= 0.6 is 11.3 Å². The Labute approximate surface area is 97.5 Å². The van der Waals surface area contributed by atoms with E-state index in [2.05, 4.69) is 0 Å². The number of carbonyl (C=O) groups excluding carboxylic acids is 1. The van der Waals surface area contributed by atoms with Gasteiger partial charge in [0.15, 0.2) is 0 Å². The number of hydrogen-bond donors (Lipinski definition) is 1. The summed E-state index contributed by atoms with van der Waals surface area (Å²) in [7, 11) is 1.58. The molecular weight excluding hydrogens is 222 g/mol. The Kier molecular flexibility index (Phi) is 2.92. The maximum Gasteiger partial charge on any atom is 0.259 e. The van der Waals surface area contributed by atoms with Gasteiger partial charge in [-0.2, -0.15) is 0 Å². The summed E-state index contributed by atoms with van der Waals surface area (Å²) in [5.74, 6) is 0.261. The standard InChI is InChI=1S/C12H11NO2S/c1-15-9-7-16-11(12(13)14)10(9)8-5-3-2-4-6-8/h2-7H,1H3,(H2,13,14). The molecule has 0 atom stereocenters. The highest BCUT2D eigenvalue weighted by Crippen LogP contribution is 2.37. The van der Waals surface area contributed by atoms with Crippen molar-refractivity contribution in [2.75, 3.05) is 7.11 Å². The van der Waals surface area contributed by atoms with E-state index in [4.69, 9.17) is 10.5 Å². The zero-order valence-corrected chi connectivity index (χ0v) is 9.58. The molecular formula is C12H11NO2S. The van der Waals surface area contributed by atoms with Gasteiger partial charge in [-0.3, -0.25) is 4.79 Å². The Balaban J connectivity index is 2.62. The minimum atomic E-state index is -0.424. The summed E-state index contributed by atoms with van der Waals surface area (Å²) in [5.41, 5.74) is 7.05. The van der Waals surface area contributed by atoms with Crippen LogP contribution in [-0.4, -0.2) is 13.0 Å². The highest BCUT2D eigenvalue weighted by atomic mass is 32.1. The molecule has 82 valence electrons. The van der Waals surface area contributed by atoms with Gasteiger partial charge < -0.3 is 10.5 Å². The fourth-order valence-electron chi connectivity index (χ4n) is 1.55. The molecule has 2 aromatic rings. The van der Waals surface area contributed by atoms with E-state index in [-0.39, 0.29) is 0 Å². The number of carbonyl (C=O) groups is 1. The number of methoxy groups -OCH3 is 1. The van der Waals surface area contributed by atoms with E-state index in [0.717, 1.165) is 11.1 Å². The lowest BCUT2D eigenvalue weighted by Gasteiger charge is -2.04. The van der Waals surface area contributed by atoms with Gasteiger partial charge >= 0.3 is 0 Å². The molecule has 0 aliphatic heterocycles. The van der Waals surface area contributed by atoms with Crippen molar-refractivity contribution in [2.45, 2.75) is 0 Å². The molecule has 16 heavy (non-hydrogen) atoms. The highest BCUT2D eigenvalue weighted by molar-refractivity contribution is 7.13. The summed E-state index contributed by atoms with van der Waals surface area (Å²) in [6.07, 6.45) is 0. The van der Waals surface area contributed by atoms with Crippen molar-refractivity contribution in [3.8, 4) is 16.9 Å². The Morgan fingerprint density at radius 2 is 2.00 bits per heavy atom. The van der Waals surface area contributed by atoms with Gasteiger partial charge in [-0.15, -0.1) is 11.3 Å². The lowest BCUT2D eigenvalue weighted by molar-refractivity contribution is 0.100. The van der Waals surface area contributed by atoms with Gasteiger partial charge in [-0.25, -0.2) is 0 Å². The van der Waals surface area contributed by atoms with Crippen LogP contribution in [-0.2, 0) is 0 Å². The molecule has 2 rings (SSSR count). The second-order valence-corrected chi connectivity index (χ2v) is 4.12. The molecule has 0 unspecified atom stereocenters. The number of amides is 1. The Morgan fingerprint density at radius 1 is 1.31 bits per heavy atom. The minimum absolute atomic E-state index is 0.424. The normalized spacial score (nSPS) is 10.1. The molecule has 2 N–H and O–H groups in total. The molecule has 0 saturated carbocycles. The average molecular weight is 233 g/mol. The van der Waals surface area contributed by atoms with Gasteiger partial charge in [0, 0.05) is 10.9 Å². The predicted octanol–water partition coefficient (Wildman–Crippen LogP) is 2.52. The van der Waals surface area contributed by atoms with Crippen molar-refractivity contribution in [2.24, 2.45) is 5.73 Å². The first-order chi connectivity index (χ1) is 7.74. The monoisotopic (exact) mass is 233 g/mol. The van der Waals surface area contributed by atoms with E-state index >= 15 is 0 Å². The van der Waals surface area contributed by atoms with Gasteiger partial charge in [0.1, 0.15) is 10.6 Å². The van der Waals surface area contributed by atoms with E-state index in [1.54, 1.807) is 12.5 Å². The van der Waals surface area contributed by atoms with Crippen LogP contribution in [0, 0.1) is 0 Å². The first-order valence-electron chi connectivity index (χ1n) is 4.74. The molecule has 0 saturated heterocycles. The van der Waals surface area contributed by atoms with Crippen LogP contribution in [0.3, 0.4) is 0 Å². The van der Waals surface area contributed by atoms with E-state index in [1.165, 1.54) is 11.3 Å². The van der Waals surface area contributed by atoms with Crippen molar-refractivity contribution >= 4 is 17.2 Å². The summed E-state index contributed by atoms with van der Waals surface area (Å²) < 4.78 is 5.23. The molecule has 0 radical (unpaired) electrons. The summed E-state index contributed by atoms with van der Waals surface area (Å²) in [6, 6.07) is 9.61. The first kappa shape index (κ1) is 10.7. The second-order valence-electron chi connectivity index (χ2n) is 3.24. The van der Waals surface area contributed by atoms with Crippen LogP contribution < -0.4 is 10.5 Å². The molecule has 4 heteroatoms. The molecule has 0 aliphatic rings. The molecule has 0 spiro atoms. The van der Waals surface area contributed by atoms with Crippen LogP contribution in [0.4, 0.5) is 0 Å². The topological polar surface area (TPSA) is 52.3 Å². The van der Waals surface area contributed by atoms with E-state index in [9.17, 15) is 4.79 Å². The third kappa shape index (κ3) is 1.79. The molecule has 0 fully saturated rings. The van der Waals surface area contributed by atoms with Crippen LogP contribution in [0.25, 0.3) is 11.1 Å². The van der Waals surface area contributed by atoms with Gasteiger partial charge in [-0.1, -0.05) is 30.3 Å². The van der Waals surface area contributed by atoms with Crippen molar-refractivity contribution < 1.29 is 9.53 Å². The third-order valence-electron chi connectivity index (χ3n) is 2.26. The van der Waals surface area contributed by atoms with Crippen molar-refractivity contribution in [3.63, 3.8) is 0 Å². The Morgan fingerprint density at radius 3 is 2.56 bits per heavy atom. The maximum absolute atomic E-state index is 11.3.